The molecule has 0 saturated carbocycles. The number of hydrogen-bond acceptors (Lipinski definition) is 0. The summed E-state index contributed by atoms with van der Waals surface area (Å²) in [5, 5.41) is 0. The van der Waals surface area contributed by atoms with E-state index in [9.17, 15) is 0 Å². The first-order chi connectivity index (χ1) is 24.2. The van der Waals surface area contributed by atoms with E-state index < -0.39 is 0 Å². The molecule has 0 heterocycles. The van der Waals surface area contributed by atoms with Crippen LogP contribution in [-0.4, -0.2) is 6.71 Å². The Morgan fingerprint density at radius 1 is 0.596 bits per heavy atom. The molecule has 0 N–H and O–H groups in total. The van der Waals surface area contributed by atoms with Gasteiger partial charge in [0.25, 0.3) is 0 Å². The number of benzene rings is 4. The highest BCUT2D eigenvalue weighted by Crippen LogP contribution is 2.29. The molecule has 0 fully saturated rings. The monoisotopic (exact) mass is 691 g/mol. The second-order valence-corrected chi connectivity index (χ2v) is 18.7. The van der Waals surface area contributed by atoms with Crippen LogP contribution in [0.1, 0.15) is 140 Å². The lowest BCUT2D eigenvalue weighted by atomic mass is 9.33. The van der Waals surface area contributed by atoms with Crippen molar-refractivity contribution in [2.24, 2.45) is 0 Å². The van der Waals surface area contributed by atoms with Crippen molar-refractivity contribution in [2.45, 2.75) is 139 Å². The first kappa shape index (κ1) is 40.9. The first-order valence-electron chi connectivity index (χ1n) is 19.6. The van der Waals surface area contributed by atoms with Crippen LogP contribution in [0.25, 0.3) is 0 Å². The minimum atomic E-state index is 0.0428. The quantitative estimate of drug-likeness (QED) is 0.115. The summed E-state index contributed by atoms with van der Waals surface area (Å²) in [6.07, 6.45) is 8.75. The average Bonchev–Trinajstić information content (AvgIpc) is 3.05. The Hall–Kier alpha value is -3.84. The first-order valence-corrected chi connectivity index (χ1v) is 19.6. The lowest BCUT2D eigenvalue weighted by Crippen LogP contribution is -2.48. The summed E-state index contributed by atoms with van der Waals surface area (Å²) in [6.45, 7) is 34.6. The van der Waals surface area contributed by atoms with E-state index in [1.165, 1.54) is 72.1 Å². The number of rotatable bonds is 10. The highest BCUT2D eigenvalue weighted by atomic mass is 14.2. The van der Waals surface area contributed by atoms with Gasteiger partial charge >= 0.3 is 0 Å². The van der Waals surface area contributed by atoms with Crippen LogP contribution in [-0.2, 0) is 29.1 Å². The van der Waals surface area contributed by atoms with Gasteiger partial charge in [0.1, 0.15) is 0 Å². The topological polar surface area (TPSA) is 0 Å². The van der Waals surface area contributed by atoms with E-state index in [1.807, 2.05) is 0 Å². The van der Waals surface area contributed by atoms with E-state index >= 15 is 0 Å². The van der Waals surface area contributed by atoms with Gasteiger partial charge in [0.2, 0.25) is 6.71 Å². The van der Waals surface area contributed by atoms with Gasteiger partial charge in [0, 0.05) is 0 Å². The van der Waals surface area contributed by atoms with Gasteiger partial charge in [-0.25, -0.2) is 0 Å². The molecule has 0 amide bonds. The van der Waals surface area contributed by atoms with Crippen molar-refractivity contribution in [2.75, 3.05) is 0 Å². The summed E-state index contributed by atoms with van der Waals surface area (Å²) in [6, 6.07) is 33.1. The molecule has 0 radical (unpaired) electrons. The zero-order valence-corrected chi connectivity index (χ0v) is 35.4. The molecule has 1 heteroatoms. The molecule has 274 valence electrons. The fraction of sp³-hybridized carbons (Fsp3) is 0.412. The predicted molar refractivity (Wildman–Crippen MR) is 233 cm³/mol. The van der Waals surface area contributed by atoms with E-state index in [4.69, 9.17) is 0 Å². The van der Waals surface area contributed by atoms with Crippen molar-refractivity contribution in [3.05, 3.63) is 164 Å². The Bertz CT molecular complexity index is 1840. The van der Waals surface area contributed by atoms with Gasteiger partial charge in [-0.3, -0.25) is 0 Å². The Kier molecular flexibility index (Phi) is 12.9. The maximum atomic E-state index is 2.52. The molecule has 4 aromatic carbocycles. The van der Waals surface area contributed by atoms with Crippen molar-refractivity contribution in [3.8, 4) is 0 Å². The minimum Gasteiger partial charge on any atom is -0.0874 e. The van der Waals surface area contributed by atoms with Gasteiger partial charge in [-0.2, -0.15) is 0 Å². The maximum absolute atomic E-state index is 2.52. The molecular formula is C51H67B. The van der Waals surface area contributed by atoms with E-state index in [1.54, 1.807) is 0 Å². The molecule has 52 heavy (non-hydrogen) atoms. The van der Waals surface area contributed by atoms with Crippen LogP contribution in [0.3, 0.4) is 0 Å². The number of aryl methyl sites for hydroxylation is 2. The van der Waals surface area contributed by atoms with Crippen LogP contribution in [0.2, 0.25) is 0 Å². The molecule has 4 aromatic rings. The van der Waals surface area contributed by atoms with Crippen LogP contribution < -0.4 is 10.9 Å². The lowest BCUT2D eigenvalue weighted by molar-refractivity contribution is 0.590. The summed E-state index contributed by atoms with van der Waals surface area (Å²) >= 11 is 0. The maximum Gasteiger partial charge on any atom is 0.238 e. The second kappa shape index (κ2) is 16.5. The lowest BCUT2D eigenvalue weighted by Gasteiger charge is -2.29. The van der Waals surface area contributed by atoms with Gasteiger partial charge in [-0.1, -0.05) is 212 Å². The molecule has 0 aliphatic rings. The summed E-state index contributed by atoms with van der Waals surface area (Å²) < 4.78 is 0. The Labute approximate surface area is 319 Å². The average molecular weight is 691 g/mol. The SMILES string of the molecule is C/C=C/C(=C\C(C)=C(/Cc1ccc(C(C)(C)C)cc1)B(c1cc(C(C)(C)C)ccc1C)c1cc(C(C)(C)C)ccc1C)Cc1ccc(C(C)C)cc1. The van der Waals surface area contributed by atoms with Crippen LogP contribution >= 0.6 is 0 Å². The molecule has 0 spiro atoms. The Morgan fingerprint density at radius 3 is 1.44 bits per heavy atom. The van der Waals surface area contributed by atoms with Gasteiger partial charge in [0.05, 0.1) is 0 Å². The zero-order valence-electron chi connectivity index (χ0n) is 35.4. The van der Waals surface area contributed by atoms with Gasteiger partial charge in [-0.05, 0) is 102 Å². The number of allylic oxidation sites excluding steroid dienone is 6. The van der Waals surface area contributed by atoms with Crippen LogP contribution in [0.15, 0.2) is 120 Å². The second-order valence-electron chi connectivity index (χ2n) is 18.7. The molecule has 0 aliphatic carbocycles. The van der Waals surface area contributed by atoms with Crippen LogP contribution in [0, 0.1) is 13.8 Å². The summed E-state index contributed by atoms with van der Waals surface area (Å²) in [5.41, 5.74) is 18.1. The third-order valence-electron chi connectivity index (χ3n) is 10.8. The standard InChI is InChI=1S/C51H67B/c1-16-17-41(31-39-20-24-42(25-21-39)35(2)3)30-38(6)46(32-40-22-28-43(29-23-40)49(7,8)9)52(47-33-44(50(10,11)12)26-18-36(47)4)48-34-45(51(13,14)15)27-19-37(48)5/h16-30,33-35H,31-32H2,1-15H3/b17-16+,41-30+,46-38+. The fourth-order valence-electron chi connectivity index (χ4n) is 7.19. The van der Waals surface area contributed by atoms with E-state index in [2.05, 4.69) is 207 Å². The molecule has 0 aliphatic heterocycles. The molecular weight excluding hydrogens is 623 g/mol. The van der Waals surface area contributed by atoms with Crippen LogP contribution in [0.4, 0.5) is 0 Å². The predicted octanol–water partition coefficient (Wildman–Crippen LogP) is 12.8. The fourth-order valence-corrected chi connectivity index (χ4v) is 7.19. The Morgan fingerprint density at radius 2 is 1.02 bits per heavy atom. The van der Waals surface area contributed by atoms with E-state index in [0.717, 1.165) is 12.8 Å². The smallest absolute Gasteiger partial charge is 0.0874 e. The summed E-state index contributed by atoms with van der Waals surface area (Å²) in [7, 11) is 0. The highest BCUT2D eigenvalue weighted by molar-refractivity contribution is 6.91. The molecule has 0 aromatic heterocycles. The number of hydrogen-bond donors (Lipinski definition) is 0. The van der Waals surface area contributed by atoms with Gasteiger partial charge in [-0.15, -0.1) is 0 Å². The van der Waals surface area contributed by atoms with Crippen molar-refractivity contribution in [1.29, 1.82) is 0 Å². The van der Waals surface area contributed by atoms with Gasteiger partial charge < -0.3 is 0 Å². The third kappa shape index (κ3) is 10.4. The molecule has 0 unspecified atom stereocenters. The zero-order chi connectivity index (χ0) is 38.6. The largest absolute Gasteiger partial charge is 0.238 e. The third-order valence-corrected chi connectivity index (χ3v) is 10.8. The van der Waals surface area contributed by atoms with E-state index in [-0.39, 0.29) is 23.0 Å². The Balaban J connectivity index is 2.06. The van der Waals surface area contributed by atoms with E-state index in [0.29, 0.717) is 5.92 Å². The van der Waals surface area contributed by atoms with Gasteiger partial charge in [0.15, 0.2) is 0 Å². The summed E-state index contributed by atoms with van der Waals surface area (Å²) in [4.78, 5) is 0. The molecule has 0 atom stereocenters. The van der Waals surface area contributed by atoms with Crippen molar-refractivity contribution < 1.29 is 0 Å². The highest BCUT2D eigenvalue weighted by Gasteiger charge is 2.31. The van der Waals surface area contributed by atoms with Crippen molar-refractivity contribution in [3.63, 3.8) is 0 Å². The normalized spacial score (nSPS) is 13.6. The van der Waals surface area contributed by atoms with Crippen molar-refractivity contribution >= 4 is 17.6 Å². The van der Waals surface area contributed by atoms with Crippen molar-refractivity contribution in [1.82, 2.24) is 0 Å². The molecule has 0 saturated heterocycles. The molecule has 0 bridgehead atoms. The molecule has 4 rings (SSSR count). The molecule has 0 nitrogen and oxygen atoms in total. The van der Waals surface area contributed by atoms with Crippen LogP contribution in [0.5, 0.6) is 0 Å². The minimum absolute atomic E-state index is 0.0428. The summed E-state index contributed by atoms with van der Waals surface area (Å²) in [5.74, 6) is 0.530.